The van der Waals surface area contributed by atoms with Crippen LogP contribution in [0.1, 0.15) is 24.8 Å². The molecular weight excluding hydrogens is 282 g/mol. The molecule has 3 rings (SSSR count). The smallest absolute Gasteiger partial charge is 0.0234 e. The second-order valence-corrected chi connectivity index (χ2v) is 6.70. The molecule has 2 aliphatic heterocycles. The van der Waals surface area contributed by atoms with Crippen LogP contribution in [0.5, 0.6) is 0 Å². The van der Waals surface area contributed by atoms with Crippen LogP contribution in [0.25, 0.3) is 0 Å². The maximum atomic E-state index is 3.48. The average molecular weight is 311 g/mol. The highest BCUT2D eigenvalue weighted by Crippen LogP contribution is 2.10. The van der Waals surface area contributed by atoms with Gasteiger partial charge in [0.1, 0.15) is 0 Å². The van der Waals surface area contributed by atoms with Crippen molar-refractivity contribution in [3.63, 3.8) is 0 Å². The van der Waals surface area contributed by atoms with E-state index in [0.717, 1.165) is 32.6 Å². The third kappa shape index (κ3) is 5.66. The molecule has 0 aromatic heterocycles. The summed E-state index contributed by atoms with van der Waals surface area (Å²) < 4.78 is 0. The molecule has 0 amide bonds. The van der Waals surface area contributed by atoms with E-state index >= 15 is 0 Å². The number of rotatable bonds is 4. The first-order chi connectivity index (χ1) is 11.4. The van der Waals surface area contributed by atoms with Gasteiger partial charge < -0.3 is 5.32 Å². The van der Waals surface area contributed by atoms with Gasteiger partial charge in [0.2, 0.25) is 0 Å². The molecule has 0 atom stereocenters. The molecule has 124 valence electrons. The number of nitrogens with one attached hydrogen (secondary N) is 1. The van der Waals surface area contributed by atoms with Crippen molar-refractivity contribution in [2.75, 3.05) is 45.8 Å². The predicted octanol–water partition coefficient (Wildman–Crippen LogP) is 2.20. The molecule has 1 aromatic rings. The van der Waals surface area contributed by atoms with Crippen LogP contribution < -0.4 is 5.32 Å². The van der Waals surface area contributed by atoms with Gasteiger partial charge in [-0.15, -0.1) is 5.92 Å². The largest absolute Gasteiger partial charge is 0.317 e. The zero-order chi connectivity index (χ0) is 15.7. The molecule has 0 aliphatic carbocycles. The van der Waals surface area contributed by atoms with Gasteiger partial charge in [-0.2, -0.15) is 0 Å². The standard InChI is InChI=1S/C20H29N3/c1-2-7-20(8-3-1)18-23-16-14-22(15-17-23)13-5-4-6-19-9-11-21-12-10-19/h1-3,7-8,19,21H,5,9-18H2. The third-order valence-electron chi connectivity index (χ3n) is 4.91. The number of piperazine rings is 1. The van der Waals surface area contributed by atoms with E-state index in [9.17, 15) is 0 Å². The summed E-state index contributed by atoms with van der Waals surface area (Å²) in [6.45, 7) is 9.23. The van der Waals surface area contributed by atoms with E-state index in [4.69, 9.17) is 0 Å². The molecule has 2 saturated heterocycles. The maximum Gasteiger partial charge on any atom is 0.0234 e. The normalized spacial score (nSPS) is 20.9. The summed E-state index contributed by atoms with van der Waals surface area (Å²) in [6.07, 6.45) is 3.49. The Hall–Kier alpha value is -1.34. The van der Waals surface area contributed by atoms with Gasteiger partial charge in [-0.25, -0.2) is 0 Å². The van der Waals surface area contributed by atoms with Crippen LogP contribution in [-0.2, 0) is 6.54 Å². The van der Waals surface area contributed by atoms with Gasteiger partial charge in [0.15, 0.2) is 0 Å². The molecule has 2 fully saturated rings. The minimum absolute atomic E-state index is 0.638. The number of hydrogen-bond acceptors (Lipinski definition) is 3. The lowest BCUT2D eigenvalue weighted by Crippen LogP contribution is -2.46. The van der Waals surface area contributed by atoms with Crippen LogP contribution in [-0.4, -0.2) is 55.6 Å². The van der Waals surface area contributed by atoms with Crippen molar-refractivity contribution in [1.29, 1.82) is 0 Å². The summed E-state index contributed by atoms with van der Waals surface area (Å²) >= 11 is 0. The van der Waals surface area contributed by atoms with E-state index in [-0.39, 0.29) is 0 Å². The van der Waals surface area contributed by atoms with E-state index in [1.54, 1.807) is 0 Å². The summed E-state index contributed by atoms with van der Waals surface area (Å²) in [6, 6.07) is 10.8. The van der Waals surface area contributed by atoms with E-state index < -0.39 is 0 Å². The number of piperidine rings is 1. The second kappa shape index (κ2) is 9.08. The Labute approximate surface area is 141 Å². The quantitative estimate of drug-likeness (QED) is 0.860. The van der Waals surface area contributed by atoms with Crippen LogP contribution in [0.4, 0.5) is 0 Å². The summed E-state index contributed by atoms with van der Waals surface area (Å²) in [4.78, 5) is 5.13. The summed E-state index contributed by atoms with van der Waals surface area (Å²) in [7, 11) is 0. The van der Waals surface area contributed by atoms with Crippen molar-refractivity contribution in [3.8, 4) is 11.8 Å². The molecule has 23 heavy (non-hydrogen) atoms. The summed E-state index contributed by atoms with van der Waals surface area (Å²) in [5.41, 5.74) is 1.42. The number of hydrogen-bond donors (Lipinski definition) is 1. The van der Waals surface area contributed by atoms with Gasteiger partial charge in [-0.1, -0.05) is 36.3 Å². The average Bonchev–Trinajstić information content (AvgIpc) is 2.62. The number of benzene rings is 1. The predicted molar refractivity (Wildman–Crippen MR) is 96.1 cm³/mol. The van der Waals surface area contributed by atoms with Crippen molar-refractivity contribution in [3.05, 3.63) is 35.9 Å². The SMILES string of the molecule is C(#CC1CCNCC1)CCN1CCN(Cc2ccccc2)CC1. The Morgan fingerprint density at radius 2 is 1.65 bits per heavy atom. The second-order valence-electron chi connectivity index (χ2n) is 6.70. The van der Waals surface area contributed by atoms with Crippen molar-refractivity contribution >= 4 is 0 Å². The lowest BCUT2D eigenvalue weighted by molar-refractivity contribution is 0.129. The minimum Gasteiger partial charge on any atom is -0.317 e. The van der Waals surface area contributed by atoms with E-state index in [2.05, 4.69) is 57.3 Å². The van der Waals surface area contributed by atoms with Crippen molar-refractivity contribution in [1.82, 2.24) is 15.1 Å². The molecule has 0 bridgehead atoms. The molecule has 0 radical (unpaired) electrons. The minimum atomic E-state index is 0.638. The zero-order valence-electron chi connectivity index (χ0n) is 14.1. The van der Waals surface area contributed by atoms with Crippen LogP contribution in [0.3, 0.4) is 0 Å². The molecule has 2 aliphatic rings. The summed E-state index contributed by atoms with van der Waals surface area (Å²) in [5.74, 6) is 7.53. The highest BCUT2D eigenvalue weighted by Gasteiger charge is 2.16. The number of nitrogens with zero attached hydrogens (tertiary/aromatic N) is 2. The molecule has 3 nitrogen and oxygen atoms in total. The zero-order valence-corrected chi connectivity index (χ0v) is 14.1. The van der Waals surface area contributed by atoms with E-state index in [1.807, 2.05) is 0 Å². The molecule has 1 aromatic carbocycles. The highest BCUT2D eigenvalue weighted by atomic mass is 15.3. The lowest BCUT2D eigenvalue weighted by atomic mass is 9.99. The molecule has 2 heterocycles. The van der Waals surface area contributed by atoms with Crippen LogP contribution in [0.15, 0.2) is 30.3 Å². The Balaban J connectivity index is 1.32. The van der Waals surface area contributed by atoms with E-state index in [0.29, 0.717) is 5.92 Å². The first-order valence-corrected chi connectivity index (χ1v) is 9.08. The van der Waals surface area contributed by atoms with E-state index in [1.165, 1.54) is 44.6 Å². The van der Waals surface area contributed by atoms with Gasteiger partial charge in [0, 0.05) is 51.6 Å². The van der Waals surface area contributed by atoms with Crippen molar-refractivity contribution < 1.29 is 0 Å². The Morgan fingerprint density at radius 3 is 2.39 bits per heavy atom. The third-order valence-corrected chi connectivity index (χ3v) is 4.91. The molecule has 1 N–H and O–H groups in total. The van der Waals surface area contributed by atoms with Gasteiger partial charge in [-0.05, 0) is 31.5 Å². The van der Waals surface area contributed by atoms with Crippen molar-refractivity contribution in [2.24, 2.45) is 5.92 Å². The maximum absolute atomic E-state index is 3.48. The molecule has 0 spiro atoms. The fourth-order valence-electron chi connectivity index (χ4n) is 3.41. The fraction of sp³-hybridized carbons (Fsp3) is 0.600. The summed E-state index contributed by atoms with van der Waals surface area (Å²) in [5, 5.41) is 3.40. The highest BCUT2D eigenvalue weighted by molar-refractivity contribution is 5.14. The fourth-order valence-corrected chi connectivity index (χ4v) is 3.41. The van der Waals surface area contributed by atoms with Gasteiger partial charge in [0.05, 0.1) is 0 Å². The van der Waals surface area contributed by atoms with Crippen LogP contribution in [0, 0.1) is 17.8 Å². The lowest BCUT2D eigenvalue weighted by Gasteiger charge is -2.34. The monoisotopic (exact) mass is 311 g/mol. The Kier molecular flexibility index (Phi) is 6.52. The Morgan fingerprint density at radius 1 is 0.957 bits per heavy atom. The first kappa shape index (κ1) is 16.5. The topological polar surface area (TPSA) is 18.5 Å². The van der Waals surface area contributed by atoms with Gasteiger partial charge >= 0.3 is 0 Å². The Bertz CT molecular complexity index is 503. The first-order valence-electron chi connectivity index (χ1n) is 9.08. The van der Waals surface area contributed by atoms with Crippen LogP contribution in [0.2, 0.25) is 0 Å². The van der Waals surface area contributed by atoms with Crippen molar-refractivity contribution in [2.45, 2.75) is 25.8 Å². The molecule has 0 saturated carbocycles. The van der Waals surface area contributed by atoms with Gasteiger partial charge in [0.25, 0.3) is 0 Å². The van der Waals surface area contributed by atoms with Crippen LogP contribution >= 0.6 is 0 Å². The van der Waals surface area contributed by atoms with Gasteiger partial charge in [-0.3, -0.25) is 9.80 Å². The molecule has 0 unspecified atom stereocenters. The molecular formula is C20H29N3. The molecule has 3 heteroatoms.